The minimum atomic E-state index is -3.73. The van der Waals surface area contributed by atoms with Gasteiger partial charge in [0, 0.05) is 6.04 Å². The van der Waals surface area contributed by atoms with Gasteiger partial charge in [0.2, 0.25) is 10.0 Å². The van der Waals surface area contributed by atoms with E-state index in [2.05, 4.69) is 22.9 Å². The van der Waals surface area contributed by atoms with Crippen LogP contribution in [0.1, 0.15) is 49.9 Å². The molecule has 2 rings (SSSR count). The zero-order chi connectivity index (χ0) is 20.7. The standard InChI is InChI=1S/C20H26N2O5S/c1-4-13-21-28(25,26)17-11-9-16(10-12-17)20(24)27-15(3)19(23)22-18-8-6-5-7-14(18)2/h1,9-12,14-15,18,21H,5-8,13H2,2-3H3,(H,22,23). The molecule has 3 atom stereocenters. The lowest BCUT2D eigenvalue weighted by Gasteiger charge is -2.30. The molecule has 0 heterocycles. The fraction of sp³-hybridized carbons (Fsp3) is 0.500. The predicted octanol–water partition coefficient (Wildman–Crippen LogP) is 1.84. The van der Waals surface area contributed by atoms with Crippen molar-refractivity contribution in [2.75, 3.05) is 6.54 Å². The zero-order valence-electron chi connectivity index (χ0n) is 16.1. The highest BCUT2D eigenvalue weighted by Crippen LogP contribution is 2.23. The van der Waals surface area contributed by atoms with Gasteiger partial charge in [0.15, 0.2) is 6.10 Å². The Morgan fingerprint density at radius 1 is 1.25 bits per heavy atom. The minimum absolute atomic E-state index is 0.0172. The Morgan fingerprint density at radius 3 is 2.50 bits per heavy atom. The number of rotatable bonds is 7. The van der Waals surface area contributed by atoms with E-state index < -0.39 is 22.1 Å². The van der Waals surface area contributed by atoms with Crippen LogP contribution >= 0.6 is 0 Å². The third-order valence-electron chi connectivity index (χ3n) is 4.86. The van der Waals surface area contributed by atoms with Crippen LogP contribution in [0.4, 0.5) is 0 Å². The average Bonchev–Trinajstić information content (AvgIpc) is 2.68. The zero-order valence-corrected chi connectivity index (χ0v) is 16.9. The van der Waals surface area contributed by atoms with Gasteiger partial charge in [-0.2, -0.15) is 4.72 Å². The molecule has 0 spiro atoms. The summed E-state index contributed by atoms with van der Waals surface area (Å²) >= 11 is 0. The van der Waals surface area contributed by atoms with Crippen LogP contribution in [0.3, 0.4) is 0 Å². The molecule has 1 fully saturated rings. The van der Waals surface area contributed by atoms with E-state index in [0.29, 0.717) is 5.92 Å². The second-order valence-electron chi connectivity index (χ2n) is 6.98. The van der Waals surface area contributed by atoms with Crippen molar-refractivity contribution in [3.05, 3.63) is 29.8 Å². The number of hydrogen-bond acceptors (Lipinski definition) is 5. The van der Waals surface area contributed by atoms with Gasteiger partial charge < -0.3 is 10.1 Å². The van der Waals surface area contributed by atoms with Crippen molar-refractivity contribution in [1.82, 2.24) is 10.0 Å². The fourth-order valence-corrected chi connectivity index (χ4v) is 4.04. The second-order valence-corrected chi connectivity index (χ2v) is 8.74. The number of carbonyl (C=O) groups is 2. The Balaban J connectivity index is 1.94. The minimum Gasteiger partial charge on any atom is -0.449 e. The van der Waals surface area contributed by atoms with Crippen molar-refractivity contribution < 1.29 is 22.7 Å². The largest absolute Gasteiger partial charge is 0.449 e. The molecular weight excluding hydrogens is 380 g/mol. The summed E-state index contributed by atoms with van der Waals surface area (Å²) in [7, 11) is -3.73. The van der Waals surface area contributed by atoms with Gasteiger partial charge in [-0.05, 0) is 49.9 Å². The average molecular weight is 407 g/mol. The summed E-state index contributed by atoms with van der Waals surface area (Å²) in [4.78, 5) is 24.6. The maximum Gasteiger partial charge on any atom is 0.338 e. The van der Waals surface area contributed by atoms with Crippen LogP contribution in [0.2, 0.25) is 0 Å². The van der Waals surface area contributed by atoms with Crippen LogP contribution in [0.5, 0.6) is 0 Å². The number of terminal acetylenes is 1. The van der Waals surface area contributed by atoms with Crippen LogP contribution in [0.25, 0.3) is 0 Å². The van der Waals surface area contributed by atoms with Crippen LogP contribution in [0, 0.1) is 18.3 Å². The summed E-state index contributed by atoms with van der Waals surface area (Å²) < 4.78 is 31.4. The Labute approximate surface area is 166 Å². The number of hydrogen-bond donors (Lipinski definition) is 2. The molecule has 1 aromatic carbocycles. The van der Waals surface area contributed by atoms with Crippen LogP contribution in [0.15, 0.2) is 29.2 Å². The number of carbonyl (C=O) groups excluding carboxylic acids is 2. The van der Waals surface area contributed by atoms with Gasteiger partial charge in [-0.25, -0.2) is 13.2 Å². The quantitative estimate of drug-likeness (QED) is 0.531. The normalized spacial score (nSPS) is 20.6. The highest BCUT2D eigenvalue weighted by atomic mass is 32.2. The van der Waals surface area contributed by atoms with Crippen molar-refractivity contribution in [2.45, 2.75) is 56.6 Å². The predicted molar refractivity (Wildman–Crippen MR) is 105 cm³/mol. The van der Waals surface area contributed by atoms with Crippen LogP contribution < -0.4 is 10.0 Å². The number of esters is 1. The van der Waals surface area contributed by atoms with E-state index >= 15 is 0 Å². The molecule has 0 bridgehead atoms. The van der Waals surface area contributed by atoms with Crippen molar-refractivity contribution in [2.24, 2.45) is 5.92 Å². The molecule has 0 aliphatic heterocycles. The van der Waals surface area contributed by atoms with E-state index in [0.717, 1.165) is 19.3 Å². The summed E-state index contributed by atoms with van der Waals surface area (Å²) in [6.07, 6.45) is 8.35. The molecular formula is C20H26N2O5S. The maximum atomic E-state index is 12.3. The van der Waals surface area contributed by atoms with E-state index in [4.69, 9.17) is 11.2 Å². The first-order valence-electron chi connectivity index (χ1n) is 9.29. The maximum absolute atomic E-state index is 12.3. The van der Waals surface area contributed by atoms with Crippen molar-refractivity contribution in [1.29, 1.82) is 0 Å². The molecule has 28 heavy (non-hydrogen) atoms. The molecule has 3 unspecified atom stereocenters. The summed E-state index contributed by atoms with van der Waals surface area (Å²) in [5.74, 6) is 1.56. The molecule has 0 saturated heterocycles. The monoisotopic (exact) mass is 406 g/mol. The summed E-state index contributed by atoms with van der Waals surface area (Å²) in [6, 6.07) is 5.33. The molecule has 0 aromatic heterocycles. The number of benzene rings is 1. The molecule has 1 aromatic rings. The van der Waals surface area contributed by atoms with Crippen molar-refractivity contribution in [3.8, 4) is 12.3 Å². The topological polar surface area (TPSA) is 102 Å². The number of nitrogens with one attached hydrogen (secondary N) is 2. The molecule has 1 saturated carbocycles. The Bertz CT molecular complexity index is 842. The molecule has 1 aliphatic rings. The number of sulfonamides is 1. The van der Waals surface area contributed by atoms with E-state index in [1.54, 1.807) is 0 Å². The van der Waals surface area contributed by atoms with Gasteiger partial charge in [-0.3, -0.25) is 4.79 Å². The smallest absolute Gasteiger partial charge is 0.338 e. The Hall–Kier alpha value is -2.37. The van der Waals surface area contributed by atoms with E-state index in [1.807, 2.05) is 0 Å². The summed E-state index contributed by atoms with van der Waals surface area (Å²) in [5, 5.41) is 2.95. The lowest BCUT2D eigenvalue weighted by Crippen LogP contribution is -2.45. The SMILES string of the molecule is C#CCNS(=O)(=O)c1ccc(C(=O)OC(C)C(=O)NC2CCCCC2C)cc1. The molecule has 2 N–H and O–H groups in total. The molecule has 7 nitrogen and oxygen atoms in total. The van der Waals surface area contributed by atoms with Crippen LogP contribution in [-0.4, -0.2) is 39.0 Å². The molecule has 152 valence electrons. The van der Waals surface area contributed by atoms with Crippen molar-refractivity contribution in [3.63, 3.8) is 0 Å². The molecule has 8 heteroatoms. The summed E-state index contributed by atoms with van der Waals surface area (Å²) in [6.45, 7) is 3.50. The number of ether oxygens (including phenoxy) is 1. The van der Waals surface area contributed by atoms with Gasteiger partial charge in [0.05, 0.1) is 17.0 Å². The van der Waals surface area contributed by atoms with Gasteiger partial charge in [-0.1, -0.05) is 25.7 Å². The Morgan fingerprint density at radius 2 is 1.89 bits per heavy atom. The van der Waals surface area contributed by atoms with Crippen molar-refractivity contribution >= 4 is 21.9 Å². The third kappa shape index (κ3) is 5.81. The first-order chi connectivity index (χ1) is 13.2. The first kappa shape index (κ1) is 21.9. The summed E-state index contributed by atoms with van der Waals surface area (Å²) in [5.41, 5.74) is 0.154. The van der Waals surface area contributed by atoms with Gasteiger partial charge in [0.1, 0.15) is 0 Å². The van der Waals surface area contributed by atoms with Crippen LogP contribution in [-0.2, 0) is 19.6 Å². The number of amides is 1. The van der Waals surface area contributed by atoms with Gasteiger partial charge >= 0.3 is 5.97 Å². The highest BCUT2D eigenvalue weighted by molar-refractivity contribution is 7.89. The first-order valence-corrected chi connectivity index (χ1v) is 10.8. The van der Waals surface area contributed by atoms with Gasteiger partial charge in [-0.15, -0.1) is 6.42 Å². The molecule has 1 aliphatic carbocycles. The molecule has 1 amide bonds. The van der Waals surface area contributed by atoms with Gasteiger partial charge in [0.25, 0.3) is 5.91 Å². The lowest BCUT2D eigenvalue weighted by atomic mass is 9.86. The third-order valence-corrected chi connectivity index (χ3v) is 6.27. The lowest BCUT2D eigenvalue weighted by molar-refractivity contribution is -0.130. The second kappa shape index (κ2) is 9.71. The van der Waals surface area contributed by atoms with E-state index in [1.165, 1.54) is 37.6 Å². The Kier molecular flexibility index (Phi) is 7.61. The van der Waals surface area contributed by atoms with E-state index in [-0.39, 0.29) is 29.0 Å². The molecule has 0 radical (unpaired) electrons. The highest BCUT2D eigenvalue weighted by Gasteiger charge is 2.26. The fourth-order valence-electron chi connectivity index (χ4n) is 3.10. The van der Waals surface area contributed by atoms with E-state index in [9.17, 15) is 18.0 Å².